The zero-order valence-corrected chi connectivity index (χ0v) is 15.3. The first-order valence-corrected chi connectivity index (χ1v) is 9.76. The molecule has 0 radical (unpaired) electrons. The van der Waals surface area contributed by atoms with Crippen molar-refractivity contribution >= 4 is 28.3 Å². The lowest BCUT2D eigenvalue weighted by Gasteiger charge is -2.25. The second-order valence-corrected chi connectivity index (χ2v) is 7.41. The molecule has 3 N–H and O–H groups in total. The van der Waals surface area contributed by atoms with Crippen molar-refractivity contribution in [2.45, 2.75) is 50.7 Å². The van der Waals surface area contributed by atoms with Gasteiger partial charge in [0.1, 0.15) is 5.69 Å². The second-order valence-electron chi connectivity index (χ2n) is 6.55. The average Bonchev–Trinajstić information content (AvgIpc) is 3.11. The molecule has 1 aromatic heterocycles. The molecule has 1 saturated carbocycles. The van der Waals surface area contributed by atoms with Crippen molar-refractivity contribution in [2.24, 2.45) is 0 Å². The van der Waals surface area contributed by atoms with Crippen LogP contribution in [0.5, 0.6) is 0 Å². The van der Waals surface area contributed by atoms with Crippen LogP contribution in [0.1, 0.15) is 48.2 Å². The van der Waals surface area contributed by atoms with Crippen molar-refractivity contribution in [1.82, 2.24) is 10.3 Å². The third kappa shape index (κ3) is 5.37. The van der Waals surface area contributed by atoms with E-state index in [0.29, 0.717) is 36.5 Å². The van der Waals surface area contributed by atoms with Crippen molar-refractivity contribution < 1.29 is 14.7 Å². The van der Waals surface area contributed by atoms with Gasteiger partial charge in [0.15, 0.2) is 5.13 Å². The number of amides is 2. The van der Waals surface area contributed by atoms with Gasteiger partial charge in [0.2, 0.25) is 5.91 Å². The molecule has 0 aliphatic heterocycles. The lowest BCUT2D eigenvalue weighted by atomic mass is 9.93. The van der Waals surface area contributed by atoms with Crippen molar-refractivity contribution in [3.8, 4) is 0 Å². The predicted octanol–water partition coefficient (Wildman–Crippen LogP) is 2.75. The quantitative estimate of drug-likeness (QED) is 0.726. The molecule has 0 saturated heterocycles. The summed E-state index contributed by atoms with van der Waals surface area (Å²) in [7, 11) is 0. The molecule has 0 bridgehead atoms. The molecular formula is C19H23N3O3S. The van der Waals surface area contributed by atoms with Gasteiger partial charge in [0.25, 0.3) is 5.91 Å². The fourth-order valence-corrected chi connectivity index (χ4v) is 3.71. The number of carbonyl (C=O) groups is 2. The van der Waals surface area contributed by atoms with Gasteiger partial charge in [-0.05, 0) is 37.7 Å². The zero-order valence-electron chi connectivity index (χ0n) is 14.5. The van der Waals surface area contributed by atoms with Crippen LogP contribution in [0, 0.1) is 0 Å². The Morgan fingerprint density at radius 1 is 1.15 bits per heavy atom. The van der Waals surface area contributed by atoms with E-state index in [1.807, 2.05) is 30.3 Å². The minimum atomic E-state index is -0.250. The Bertz CT molecular complexity index is 739. The van der Waals surface area contributed by atoms with E-state index in [1.165, 1.54) is 11.3 Å². The van der Waals surface area contributed by atoms with E-state index in [-0.39, 0.29) is 24.0 Å². The Kier molecular flexibility index (Phi) is 6.35. The van der Waals surface area contributed by atoms with E-state index in [0.717, 1.165) is 18.4 Å². The highest BCUT2D eigenvalue weighted by atomic mass is 32.1. The Hall–Kier alpha value is -2.25. The summed E-state index contributed by atoms with van der Waals surface area (Å²) in [6.45, 7) is 0. The first-order valence-electron chi connectivity index (χ1n) is 8.88. The minimum absolute atomic E-state index is 0.0801. The first-order chi connectivity index (χ1) is 12.6. The molecule has 1 heterocycles. The lowest BCUT2D eigenvalue weighted by Crippen LogP contribution is -2.38. The van der Waals surface area contributed by atoms with E-state index in [9.17, 15) is 14.7 Å². The largest absolute Gasteiger partial charge is 0.393 e. The van der Waals surface area contributed by atoms with Crippen LogP contribution in [0.3, 0.4) is 0 Å². The van der Waals surface area contributed by atoms with Crippen LogP contribution in [0.4, 0.5) is 5.13 Å². The molecule has 6 nitrogen and oxygen atoms in total. The van der Waals surface area contributed by atoms with Crippen LogP contribution >= 0.6 is 11.3 Å². The molecule has 138 valence electrons. The first kappa shape index (κ1) is 18.5. The van der Waals surface area contributed by atoms with Crippen LogP contribution in [0.15, 0.2) is 35.7 Å². The third-order valence-corrected chi connectivity index (χ3v) is 5.26. The average molecular weight is 373 g/mol. The molecule has 0 spiro atoms. The highest BCUT2D eigenvalue weighted by Gasteiger charge is 2.22. The third-order valence-electron chi connectivity index (χ3n) is 4.50. The zero-order chi connectivity index (χ0) is 18.4. The van der Waals surface area contributed by atoms with Crippen molar-refractivity contribution in [1.29, 1.82) is 0 Å². The smallest absolute Gasteiger partial charge is 0.271 e. The lowest BCUT2D eigenvalue weighted by molar-refractivity contribution is -0.116. The maximum Gasteiger partial charge on any atom is 0.271 e. The number of hydrogen-bond donors (Lipinski definition) is 3. The molecule has 26 heavy (non-hydrogen) atoms. The number of aryl methyl sites for hydroxylation is 1. The van der Waals surface area contributed by atoms with Crippen molar-refractivity contribution in [2.75, 3.05) is 5.32 Å². The molecule has 0 atom stereocenters. The van der Waals surface area contributed by atoms with Gasteiger partial charge in [-0.2, -0.15) is 0 Å². The highest BCUT2D eigenvalue weighted by molar-refractivity contribution is 7.14. The van der Waals surface area contributed by atoms with E-state index in [2.05, 4.69) is 15.6 Å². The Labute approximate surface area is 156 Å². The van der Waals surface area contributed by atoms with Gasteiger partial charge < -0.3 is 15.7 Å². The second kappa shape index (κ2) is 8.91. The maximum atomic E-state index is 12.3. The van der Waals surface area contributed by atoms with Gasteiger partial charge in [-0.15, -0.1) is 11.3 Å². The molecule has 0 unspecified atom stereocenters. The molecule has 2 amide bonds. The van der Waals surface area contributed by atoms with Gasteiger partial charge >= 0.3 is 0 Å². The Morgan fingerprint density at radius 2 is 1.88 bits per heavy atom. The summed E-state index contributed by atoms with van der Waals surface area (Å²) < 4.78 is 0. The van der Waals surface area contributed by atoms with Gasteiger partial charge in [-0.1, -0.05) is 30.3 Å². The van der Waals surface area contributed by atoms with Crippen LogP contribution < -0.4 is 10.6 Å². The van der Waals surface area contributed by atoms with E-state index >= 15 is 0 Å². The fraction of sp³-hybridized carbons (Fsp3) is 0.421. The standard InChI is InChI=1S/C19H23N3O3S/c23-15-9-7-14(8-10-15)20-18(25)16-12-26-19(21-16)22-17(24)11-6-13-4-2-1-3-5-13/h1-5,12,14-15,23H,6-11H2,(H,20,25)(H,21,22,24). The highest BCUT2D eigenvalue weighted by Crippen LogP contribution is 2.20. The number of thiazole rings is 1. The predicted molar refractivity (Wildman–Crippen MR) is 101 cm³/mol. The van der Waals surface area contributed by atoms with E-state index in [4.69, 9.17) is 0 Å². The number of aromatic nitrogens is 1. The Balaban J connectivity index is 1.46. The fourth-order valence-electron chi connectivity index (χ4n) is 3.00. The number of hydrogen-bond acceptors (Lipinski definition) is 5. The topological polar surface area (TPSA) is 91.3 Å². The van der Waals surface area contributed by atoms with Gasteiger partial charge in [0.05, 0.1) is 6.10 Å². The summed E-state index contributed by atoms with van der Waals surface area (Å²) >= 11 is 1.25. The van der Waals surface area contributed by atoms with Gasteiger partial charge in [-0.3, -0.25) is 9.59 Å². The maximum absolute atomic E-state index is 12.3. The number of nitrogens with zero attached hydrogens (tertiary/aromatic N) is 1. The molecule has 7 heteroatoms. The van der Waals surface area contributed by atoms with Crippen LogP contribution in [-0.4, -0.2) is 34.1 Å². The monoisotopic (exact) mass is 373 g/mol. The number of benzene rings is 1. The number of carbonyl (C=O) groups excluding carboxylic acids is 2. The minimum Gasteiger partial charge on any atom is -0.393 e. The number of rotatable bonds is 6. The molecule has 1 aromatic carbocycles. The summed E-state index contributed by atoms with van der Waals surface area (Å²) in [4.78, 5) is 28.5. The van der Waals surface area contributed by atoms with Crippen molar-refractivity contribution in [3.63, 3.8) is 0 Å². The van der Waals surface area contributed by atoms with Gasteiger partial charge in [0, 0.05) is 17.8 Å². The van der Waals surface area contributed by atoms with Crippen LogP contribution in [0.2, 0.25) is 0 Å². The van der Waals surface area contributed by atoms with Gasteiger partial charge in [-0.25, -0.2) is 4.98 Å². The molecule has 3 rings (SSSR count). The summed E-state index contributed by atoms with van der Waals surface area (Å²) in [6, 6.07) is 9.91. The molecule has 1 fully saturated rings. The van der Waals surface area contributed by atoms with Crippen molar-refractivity contribution in [3.05, 3.63) is 47.0 Å². The molecule has 2 aromatic rings. The number of anilines is 1. The number of aliphatic hydroxyl groups is 1. The summed E-state index contributed by atoms with van der Waals surface area (Å²) in [6.07, 6.45) is 3.77. The van der Waals surface area contributed by atoms with E-state index < -0.39 is 0 Å². The Morgan fingerprint density at radius 3 is 2.62 bits per heavy atom. The molecular weight excluding hydrogens is 350 g/mol. The van der Waals surface area contributed by atoms with E-state index in [1.54, 1.807) is 5.38 Å². The normalized spacial score (nSPS) is 19.7. The summed E-state index contributed by atoms with van der Waals surface area (Å²) in [5, 5.41) is 17.3. The van der Waals surface area contributed by atoms with Crippen LogP contribution in [-0.2, 0) is 11.2 Å². The summed E-state index contributed by atoms with van der Waals surface area (Å²) in [5.41, 5.74) is 1.43. The number of nitrogens with one attached hydrogen (secondary N) is 2. The summed E-state index contributed by atoms with van der Waals surface area (Å²) in [5.74, 6) is -0.344. The number of aliphatic hydroxyl groups excluding tert-OH is 1. The van der Waals surface area contributed by atoms with Crippen LogP contribution in [0.25, 0.3) is 0 Å². The SMILES string of the molecule is O=C(CCc1ccccc1)Nc1nc(C(=O)NC2CCC(O)CC2)cs1. The molecule has 1 aliphatic carbocycles. The molecule has 1 aliphatic rings.